The van der Waals surface area contributed by atoms with Gasteiger partial charge in [0.2, 0.25) is 0 Å². The van der Waals surface area contributed by atoms with Crippen LogP contribution in [0.1, 0.15) is 13.3 Å². The van der Waals surface area contributed by atoms with E-state index in [1.54, 1.807) is 0 Å². The minimum absolute atomic E-state index is 0.00423. The fraction of sp³-hybridized carbons (Fsp3) is 0.667. The molecule has 1 aromatic heterocycles. The van der Waals surface area contributed by atoms with Gasteiger partial charge in [-0.3, -0.25) is 4.79 Å². The lowest BCUT2D eigenvalue weighted by Gasteiger charge is -2.18. The number of rotatable bonds is 6. The number of aromatic nitrogens is 2. The molecule has 1 unspecified atom stereocenters. The number of halogens is 4. The van der Waals surface area contributed by atoms with E-state index in [-0.39, 0.29) is 16.8 Å². The van der Waals surface area contributed by atoms with Crippen molar-refractivity contribution in [1.29, 1.82) is 0 Å². The summed E-state index contributed by atoms with van der Waals surface area (Å²) >= 11 is 5.82. The normalized spacial score (nSPS) is 13.5. The molecule has 1 heterocycles. The first kappa shape index (κ1) is 17.8. The molecule has 1 N–H and O–H groups in total. The Morgan fingerprint density at radius 3 is 2.62 bits per heavy atom. The van der Waals surface area contributed by atoms with Crippen molar-refractivity contribution in [3.8, 4) is 0 Å². The quantitative estimate of drug-likeness (QED) is 0.871. The maximum Gasteiger partial charge on any atom is 0.408 e. The van der Waals surface area contributed by atoms with E-state index in [2.05, 4.69) is 10.4 Å². The third-order valence-corrected chi connectivity index (χ3v) is 3.09. The molecule has 0 saturated heterocycles. The Morgan fingerprint density at radius 1 is 1.48 bits per heavy atom. The van der Waals surface area contributed by atoms with Gasteiger partial charge in [0.1, 0.15) is 11.6 Å². The van der Waals surface area contributed by atoms with E-state index in [4.69, 9.17) is 11.6 Å². The van der Waals surface area contributed by atoms with Gasteiger partial charge in [-0.25, -0.2) is 4.68 Å². The monoisotopic (exact) mass is 326 g/mol. The molecule has 0 aliphatic heterocycles. The van der Waals surface area contributed by atoms with Gasteiger partial charge in [-0.2, -0.15) is 18.3 Å². The van der Waals surface area contributed by atoms with Crippen molar-refractivity contribution in [2.24, 2.45) is 0 Å². The summed E-state index contributed by atoms with van der Waals surface area (Å²) in [5, 5.41) is 6.19. The molecule has 5 nitrogen and oxygen atoms in total. The van der Waals surface area contributed by atoms with Crippen LogP contribution in [-0.2, 0) is 6.54 Å². The average molecular weight is 327 g/mol. The van der Waals surface area contributed by atoms with Crippen LogP contribution in [0.5, 0.6) is 0 Å². The molecule has 0 spiro atoms. The molecule has 0 amide bonds. The van der Waals surface area contributed by atoms with Gasteiger partial charge in [-0.1, -0.05) is 11.6 Å². The number of hydrogen-bond donors (Lipinski definition) is 1. The zero-order valence-electron chi connectivity index (χ0n) is 12.0. The zero-order valence-corrected chi connectivity index (χ0v) is 12.8. The van der Waals surface area contributed by atoms with Gasteiger partial charge < -0.3 is 10.2 Å². The van der Waals surface area contributed by atoms with Crippen molar-refractivity contribution in [2.75, 3.05) is 26.0 Å². The fourth-order valence-corrected chi connectivity index (χ4v) is 1.84. The third kappa shape index (κ3) is 5.92. The molecule has 0 aromatic carbocycles. The molecule has 1 rings (SSSR count). The average Bonchev–Trinajstić information content (AvgIpc) is 2.34. The molecule has 0 fully saturated rings. The van der Waals surface area contributed by atoms with Crippen molar-refractivity contribution >= 4 is 17.3 Å². The SMILES string of the molecule is CC(CCN(C)C)Nc1cnn(CC(F)(F)F)c(=O)c1Cl. The van der Waals surface area contributed by atoms with Crippen molar-refractivity contribution in [1.82, 2.24) is 14.7 Å². The highest BCUT2D eigenvalue weighted by molar-refractivity contribution is 6.32. The predicted molar refractivity (Wildman–Crippen MR) is 75.8 cm³/mol. The molecule has 1 atom stereocenters. The van der Waals surface area contributed by atoms with Gasteiger partial charge in [-0.05, 0) is 34.0 Å². The van der Waals surface area contributed by atoms with Crippen LogP contribution in [-0.4, -0.2) is 47.5 Å². The summed E-state index contributed by atoms with van der Waals surface area (Å²) in [5.74, 6) is 0. The number of nitrogens with zero attached hydrogens (tertiary/aromatic N) is 3. The van der Waals surface area contributed by atoms with Gasteiger partial charge in [0.05, 0.1) is 11.9 Å². The Kier molecular flexibility index (Phi) is 6.03. The smallest absolute Gasteiger partial charge is 0.380 e. The second-order valence-corrected chi connectivity index (χ2v) is 5.47. The number of anilines is 1. The summed E-state index contributed by atoms with van der Waals surface area (Å²) in [6.45, 7) is 1.26. The summed E-state index contributed by atoms with van der Waals surface area (Å²) < 4.78 is 37.1. The van der Waals surface area contributed by atoms with E-state index >= 15 is 0 Å². The second-order valence-electron chi connectivity index (χ2n) is 5.09. The number of hydrogen-bond acceptors (Lipinski definition) is 4. The lowest BCUT2D eigenvalue weighted by molar-refractivity contribution is -0.143. The molecule has 1 aromatic rings. The van der Waals surface area contributed by atoms with E-state index in [1.165, 1.54) is 0 Å². The Hall–Kier alpha value is -1.28. The van der Waals surface area contributed by atoms with Crippen molar-refractivity contribution in [2.45, 2.75) is 32.1 Å². The van der Waals surface area contributed by atoms with E-state index in [0.717, 1.165) is 19.2 Å². The van der Waals surface area contributed by atoms with E-state index in [1.807, 2.05) is 25.9 Å². The van der Waals surface area contributed by atoms with Gasteiger partial charge >= 0.3 is 6.18 Å². The Labute approximate surface area is 125 Å². The summed E-state index contributed by atoms with van der Waals surface area (Å²) in [5.41, 5.74) is -0.717. The molecule has 120 valence electrons. The molecule has 0 bridgehead atoms. The number of nitrogens with one attached hydrogen (secondary N) is 1. The first-order valence-electron chi connectivity index (χ1n) is 6.34. The molecule has 21 heavy (non-hydrogen) atoms. The van der Waals surface area contributed by atoms with Crippen LogP contribution < -0.4 is 10.9 Å². The third-order valence-electron chi connectivity index (χ3n) is 2.73. The standard InChI is InChI=1S/C12H18ClF3N4O/c1-8(4-5-19(2)3)18-9-6-17-20(7-12(14,15)16)11(21)10(9)13/h6,8,18H,4-5,7H2,1-3H3. The zero-order chi connectivity index (χ0) is 16.2. The molecular weight excluding hydrogens is 309 g/mol. The van der Waals surface area contributed by atoms with Crippen LogP contribution in [0.15, 0.2) is 11.0 Å². The minimum atomic E-state index is -4.52. The lowest BCUT2D eigenvalue weighted by Crippen LogP contribution is -2.31. The van der Waals surface area contributed by atoms with E-state index in [0.29, 0.717) is 4.68 Å². The first-order chi connectivity index (χ1) is 9.60. The van der Waals surface area contributed by atoms with Crippen LogP contribution in [0.2, 0.25) is 5.02 Å². The summed E-state index contributed by atoms with van der Waals surface area (Å²) in [6, 6.07) is 0.00423. The Bertz CT molecular complexity index is 530. The topological polar surface area (TPSA) is 50.2 Å². The van der Waals surface area contributed by atoms with Crippen LogP contribution in [0.4, 0.5) is 18.9 Å². The first-order valence-corrected chi connectivity index (χ1v) is 6.71. The Balaban J connectivity index is 2.82. The summed E-state index contributed by atoms with van der Waals surface area (Å²) in [7, 11) is 3.86. The molecule has 0 aliphatic rings. The highest BCUT2D eigenvalue weighted by Gasteiger charge is 2.29. The molecule has 9 heteroatoms. The fourth-order valence-electron chi connectivity index (χ4n) is 1.64. The number of alkyl halides is 3. The molecule has 0 aliphatic carbocycles. The second kappa shape index (κ2) is 7.13. The molecule has 0 saturated carbocycles. The summed E-state index contributed by atoms with van der Waals surface area (Å²) in [6.07, 6.45) is -2.59. The lowest BCUT2D eigenvalue weighted by atomic mass is 10.2. The predicted octanol–water partition coefficient (Wildman–Crippen LogP) is 2.21. The van der Waals surface area contributed by atoms with Crippen molar-refractivity contribution in [3.63, 3.8) is 0 Å². The maximum atomic E-state index is 12.3. The van der Waals surface area contributed by atoms with Crippen molar-refractivity contribution in [3.05, 3.63) is 21.6 Å². The Morgan fingerprint density at radius 2 is 2.10 bits per heavy atom. The van der Waals surface area contributed by atoms with Gasteiger partial charge in [0.25, 0.3) is 5.56 Å². The highest BCUT2D eigenvalue weighted by Crippen LogP contribution is 2.20. The van der Waals surface area contributed by atoms with Crippen molar-refractivity contribution < 1.29 is 13.2 Å². The molecule has 0 radical (unpaired) electrons. The largest absolute Gasteiger partial charge is 0.408 e. The van der Waals surface area contributed by atoms with Crippen LogP contribution in [0.25, 0.3) is 0 Å². The molecular formula is C12H18ClF3N4O. The van der Waals surface area contributed by atoms with Gasteiger partial charge in [0, 0.05) is 6.04 Å². The van der Waals surface area contributed by atoms with E-state index < -0.39 is 18.3 Å². The van der Waals surface area contributed by atoms with Crippen LogP contribution >= 0.6 is 11.6 Å². The minimum Gasteiger partial charge on any atom is -0.380 e. The maximum absolute atomic E-state index is 12.3. The van der Waals surface area contributed by atoms with Crippen LogP contribution in [0.3, 0.4) is 0 Å². The van der Waals surface area contributed by atoms with Gasteiger partial charge in [-0.15, -0.1) is 0 Å². The summed E-state index contributed by atoms with van der Waals surface area (Å²) in [4.78, 5) is 13.7. The van der Waals surface area contributed by atoms with Gasteiger partial charge in [0.15, 0.2) is 0 Å². The van der Waals surface area contributed by atoms with Crippen LogP contribution in [0, 0.1) is 0 Å². The van der Waals surface area contributed by atoms with E-state index in [9.17, 15) is 18.0 Å². The highest BCUT2D eigenvalue weighted by atomic mass is 35.5.